The summed E-state index contributed by atoms with van der Waals surface area (Å²) >= 11 is 0. The molecule has 2 aromatic carbocycles. The molecule has 0 fully saturated rings. The van der Waals surface area contributed by atoms with Crippen LogP contribution in [-0.2, 0) is 20.7 Å². The number of carbonyl (C=O) groups excluding carboxylic acids is 4. The number of amides is 3. The van der Waals surface area contributed by atoms with Crippen LogP contribution in [0.25, 0.3) is 0 Å². The smallest absolute Gasteiger partial charge is 0.326 e. The van der Waals surface area contributed by atoms with E-state index in [1.165, 1.54) is 12.1 Å². The molecule has 31 heavy (non-hydrogen) atoms. The SMILES string of the molecule is COc1ccc(CCNC(=O)COC(=O)CN2C(=O)c3ccccc3C2=O)cc1OC. The third-order valence-electron chi connectivity index (χ3n) is 4.71. The van der Waals surface area contributed by atoms with Crippen LogP contribution < -0.4 is 14.8 Å². The summed E-state index contributed by atoms with van der Waals surface area (Å²) in [6, 6.07) is 11.8. The Bertz CT molecular complexity index is 984. The Labute approximate surface area is 178 Å². The Balaban J connectivity index is 1.42. The molecule has 9 nitrogen and oxygen atoms in total. The van der Waals surface area contributed by atoms with E-state index in [1.807, 2.05) is 12.1 Å². The molecule has 1 aliphatic rings. The van der Waals surface area contributed by atoms with Crippen LogP contribution in [-0.4, -0.2) is 62.5 Å². The largest absolute Gasteiger partial charge is 0.493 e. The molecule has 0 saturated carbocycles. The summed E-state index contributed by atoms with van der Waals surface area (Å²) in [5.74, 6) is -1.25. The van der Waals surface area contributed by atoms with Gasteiger partial charge in [-0.15, -0.1) is 0 Å². The second kappa shape index (κ2) is 9.75. The van der Waals surface area contributed by atoms with Crippen LogP contribution in [0.4, 0.5) is 0 Å². The van der Waals surface area contributed by atoms with E-state index in [9.17, 15) is 19.2 Å². The lowest BCUT2D eigenvalue weighted by Gasteiger charge is -2.13. The second-order valence-electron chi connectivity index (χ2n) is 6.69. The number of esters is 1. The first-order valence-corrected chi connectivity index (χ1v) is 9.53. The molecule has 9 heteroatoms. The minimum atomic E-state index is -0.843. The first kappa shape index (κ1) is 21.8. The van der Waals surface area contributed by atoms with Gasteiger partial charge in [-0.3, -0.25) is 24.1 Å². The van der Waals surface area contributed by atoms with Crippen LogP contribution >= 0.6 is 0 Å². The standard InChI is InChI=1S/C22H22N2O7/c1-29-17-8-7-14(11-18(17)30-2)9-10-23-19(25)13-31-20(26)12-24-21(27)15-5-3-4-6-16(15)22(24)28/h3-8,11H,9-10,12-13H2,1-2H3,(H,23,25). The van der Waals surface area contributed by atoms with Crippen molar-refractivity contribution in [1.29, 1.82) is 0 Å². The zero-order valence-corrected chi connectivity index (χ0v) is 17.2. The van der Waals surface area contributed by atoms with E-state index in [0.29, 0.717) is 24.5 Å². The molecule has 0 atom stereocenters. The van der Waals surface area contributed by atoms with Gasteiger partial charge in [-0.1, -0.05) is 18.2 Å². The van der Waals surface area contributed by atoms with Crippen LogP contribution in [0.3, 0.4) is 0 Å². The van der Waals surface area contributed by atoms with E-state index in [4.69, 9.17) is 14.2 Å². The molecular formula is C22H22N2O7. The minimum absolute atomic E-state index is 0.244. The van der Waals surface area contributed by atoms with Crippen molar-refractivity contribution in [2.24, 2.45) is 0 Å². The Morgan fingerprint density at radius 1 is 0.935 bits per heavy atom. The third-order valence-corrected chi connectivity index (χ3v) is 4.71. The lowest BCUT2D eigenvalue weighted by atomic mass is 10.1. The highest BCUT2D eigenvalue weighted by Gasteiger charge is 2.36. The Kier molecular flexibility index (Phi) is 6.86. The molecule has 162 valence electrons. The number of hydrogen-bond donors (Lipinski definition) is 1. The van der Waals surface area contributed by atoms with Gasteiger partial charge in [-0.25, -0.2) is 0 Å². The molecule has 3 rings (SSSR count). The molecule has 0 saturated heterocycles. The number of hydrogen-bond acceptors (Lipinski definition) is 7. The molecule has 3 amide bonds. The number of carbonyl (C=O) groups is 4. The summed E-state index contributed by atoms with van der Waals surface area (Å²) in [4.78, 5) is 49.2. The Morgan fingerprint density at radius 3 is 2.19 bits per heavy atom. The first-order chi connectivity index (χ1) is 14.9. The molecule has 1 aliphatic heterocycles. The van der Waals surface area contributed by atoms with Crippen molar-refractivity contribution >= 4 is 23.7 Å². The fraction of sp³-hybridized carbons (Fsp3) is 0.273. The van der Waals surface area contributed by atoms with Crippen LogP contribution in [0.5, 0.6) is 11.5 Å². The van der Waals surface area contributed by atoms with Gasteiger partial charge in [0.05, 0.1) is 25.3 Å². The number of benzene rings is 2. The third kappa shape index (κ3) is 5.00. The number of nitrogens with one attached hydrogen (secondary N) is 1. The summed E-state index contributed by atoms with van der Waals surface area (Å²) in [6.45, 7) is -0.733. The van der Waals surface area contributed by atoms with Gasteiger partial charge in [0.15, 0.2) is 18.1 Å². The van der Waals surface area contributed by atoms with Crippen molar-refractivity contribution in [3.8, 4) is 11.5 Å². The maximum absolute atomic E-state index is 12.2. The summed E-state index contributed by atoms with van der Waals surface area (Å²) < 4.78 is 15.3. The van der Waals surface area contributed by atoms with Gasteiger partial charge >= 0.3 is 5.97 Å². The fourth-order valence-corrected chi connectivity index (χ4v) is 3.14. The average Bonchev–Trinajstić information content (AvgIpc) is 3.02. The van der Waals surface area contributed by atoms with E-state index >= 15 is 0 Å². The number of rotatable bonds is 9. The normalized spacial score (nSPS) is 12.4. The van der Waals surface area contributed by atoms with Gasteiger partial charge in [0.1, 0.15) is 6.54 Å². The van der Waals surface area contributed by atoms with E-state index in [2.05, 4.69) is 5.32 Å². The highest BCUT2D eigenvalue weighted by atomic mass is 16.5. The zero-order chi connectivity index (χ0) is 22.4. The van der Waals surface area contributed by atoms with Crippen molar-refractivity contribution in [2.75, 3.05) is 33.9 Å². The van der Waals surface area contributed by atoms with Crippen molar-refractivity contribution in [2.45, 2.75) is 6.42 Å². The summed E-state index contributed by atoms with van der Waals surface area (Å²) in [6.07, 6.45) is 0.537. The molecule has 0 radical (unpaired) electrons. The van der Waals surface area contributed by atoms with Gasteiger partial charge in [-0.2, -0.15) is 0 Å². The number of imide groups is 1. The van der Waals surface area contributed by atoms with Crippen molar-refractivity contribution < 1.29 is 33.4 Å². The molecule has 0 spiro atoms. The maximum Gasteiger partial charge on any atom is 0.326 e. The predicted molar refractivity (Wildman–Crippen MR) is 109 cm³/mol. The van der Waals surface area contributed by atoms with E-state index in [1.54, 1.807) is 32.4 Å². The van der Waals surface area contributed by atoms with Crippen LogP contribution in [0.1, 0.15) is 26.3 Å². The van der Waals surface area contributed by atoms with Gasteiger partial charge in [0.2, 0.25) is 0 Å². The summed E-state index contributed by atoms with van der Waals surface area (Å²) in [7, 11) is 3.09. The van der Waals surface area contributed by atoms with E-state index < -0.39 is 36.8 Å². The lowest BCUT2D eigenvalue weighted by molar-refractivity contribution is -0.148. The van der Waals surface area contributed by atoms with E-state index in [-0.39, 0.29) is 11.1 Å². The molecule has 0 unspecified atom stereocenters. The van der Waals surface area contributed by atoms with Gasteiger partial charge in [-0.05, 0) is 36.2 Å². The van der Waals surface area contributed by atoms with E-state index in [0.717, 1.165) is 10.5 Å². The first-order valence-electron chi connectivity index (χ1n) is 9.53. The number of fused-ring (bicyclic) bond motifs is 1. The highest BCUT2D eigenvalue weighted by Crippen LogP contribution is 2.27. The van der Waals surface area contributed by atoms with Gasteiger partial charge in [0, 0.05) is 6.54 Å². The Hall–Kier alpha value is -3.88. The summed E-state index contributed by atoms with van der Waals surface area (Å²) in [5, 5.41) is 2.64. The molecule has 0 aromatic heterocycles. The topological polar surface area (TPSA) is 111 Å². The zero-order valence-electron chi connectivity index (χ0n) is 17.2. The Morgan fingerprint density at radius 2 is 1.58 bits per heavy atom. The predicted octanol–water partition coefficient (Wildman–Crippen LogP) is 1.20. The number of methoxy groups -OCH3 is 2. The minimum Gasteiger partial charge on any atom is -0.493 e. The summed E-state index contributed by atoms with van der Waals surface area (Å²) in [5.41, 5.74) is 1.42. The number of nitrogens with zero attached hydrogens (tertiary/aromatic N) is 1. The van der Waals surface area contributed by atoms with Crippen LogP contribution in [0.2, 0.25) is 0 Å². The fourth-order valence-electron chi connectivity index (χ4n) is 3.14. The van der Waals surface area contributed by atoms with Gasteiger partial charge < -0.3 is 19.5 Å². The molecule has 0 aliphatic carbocycles. The molecule has 1 N–H and O–H groups in total. The van der Waals surface area contributed by atoms with Crippen LogP contribution in [0.15, 0.2) is 42.5 Å². The highest BCUT2D eigenvalue weighted by molar-refractivity contribution is 6.22. The van der Waals surface area contributed by atoms with Crippen molar-refractivity contribution in [3.63, 3.8) is 0 Å². The van der Waals surface area contributed by atoms with Crippen molar-refractivity contribution in [3.05, 3.63) is 59.2 Å². The molecule has 0 bridgehead atoms. The number of ether oxygens (including phenoxy) is 3. The van der Waals surface area contributed by atoms with Gasteiger partial charge in [0.25, 0.3) is 17.7 Å². The van der Waals surface area contributed by atoms with Crippen molar-refractivity contribution in [1.82, 2.24) is 10.2 Å². The molecule has 2 aromatic rings. The quantitative estimate of drug-likeness (QED) is 0.474. The second-order valence-corrected chi connectivity index (χ2v) is 6.69. The lowest BCUT2D eigenvalue weighted by Crippen LogP contribution is -2.37. The average molecular weight is 426 g/mol. The molecular weight excluding hydrogens is 404 g/mol. The maximum atomic E-state index is 12.2. The molecule has 1 heterocycles. The van der Waals surface area contributed by atoms with Crippen LogP contribution in [0, 0.1) is 0 Å². The monoisotopic (exact) mass is 426 g/mol.